The third-order valence-corrected chi connectivity index (χ3v) is 4.14. The minimum atomic E-state index is -0.294. The molecule has 1 atom stereocenters. The van der Waals surface area contributed by atoms with E-state index in [1.807, 2.05) is 4.90 Å². The van der Waals surface area contributed by atoms with E-state index in [-0.39, 0.29) is 12.0 Å². The Morgan fingerprint density at radius 2 is 2.44 bits per heavy atom. The fourth-order valence-electron chi connectivity index (χ4n) is 2.26. The molecule has 5 heteroatoms. The molecule has 2 heterocycles. The van der Waals surface area contributed by atoms with Gasteiger partial charge in [-0.05, 0) is 35.2 Å². The Morgan fingerprint density at radius 1 is 1.56 bits per heavy atom. The Labute approximate surface area is 111 Å². The zero-order chi connectivity index (χ0) is 12.4. The third kappa shape index (κ3) is 2.74. The molecule has 0 unspecified atom stereocenters. The summed E-state index contributed by atoms with van der Waals surface area (Å²) in [6, 6.07) is 2.52. The zero-order valence-electron chi connectivity index (χ0n) is 10.3. The van der Waals surface area contributed by atoms with Gasteiger partial charge in [-0.15, -0.1) is 0 Å². The number of carbonyl (C=O) groups excluding carboxylic acids is 1. The van der Waals surface area contributed by atoms with Gasteiger partial charge >= 0.3 is 0 Å². The Balaban J connectivity index is 1.66. The third-order valence-electron chi connectivity index (χ3n) is 3.41. The summed E-state index contributed by atoms with van der Waals surface area (Å²) in [7, 11) is 0. The van der Waals surface area contributed by atoms with Crippen LogP contribution in [0, 0.1) is 0 Å². The number of rotatable bonds is 4. The minimum absolute atomic E-state index is 0.149. The van der Waals surface area contributed by atoms with Crippen LogP contribution in [0.1, 0.15) is 18.4 Å². The quantitative estimate of drug-likeness (QED) is 0.891. The molecule has 1 amide bonds. The van der Waals surface area contributed by atoms with E-state index in [2.05, 4.69) is 22.1 Å². The van der Waals surface area contributed by atoms with Crippen LogP contribution in [0.25, 0.3) is 0 Å². The fraction of sp³-hybridized carbons (Fsp3) is 0.615. The maximum absolute atomic E-state index is 12.5. The molecule has 1 aromatic heterocycles. The van der Waals surface area contributed by atoms with Gasteiger partial charge in [0.2, 0.25) is 0 Å². The van der Waals surface area contributed by atoms with Crippen LogP contribution in [-0.4, -0.2) is 42.6 Å². The van der Waals surface area contributed by atoms with E-state index in [1.165, 1.54) is 5.56 Å². The molecule has 1 N–H and O–H groups in total. The van der Waals surface area contributed by atoms with Gasteiger partial charge in [-0.3, -0.25) is 4.79 Å². The number of hydrogen-bond donors (Lipinski definition) is 1. The highest BCUT2D eigenvalue weighted by Gasteiger charge is 2.36. The van der Waals surface area contributed by atoms with Gasteiger partial charge in [0.1, 0.15) is 6.10 Å². The molecule has 4 nitrogen and oxygen atoms in total. The van der Waals surface area contributed by atoms with Gasteiger partial charge in [0.25, 0.3) is 5.91 Å². The topological polar surface area (TPSA) is 41.6 Å². The van der Waals surface area contributed by atoms with Crippen LogP contribution >= 0.6 is 11.3 Å². The highest BCUT2D eigenvalue weighted by atomic mass is 32.1. The highest BCUT2D eigenvalue weighted by molar-refractivity contribution is 7.07. The standard InChI is InChI=1S/C13H18N2O2S/c16-13(12-7-14-4-5-17-12)15(11-1-2-11)8-10-3-6-18-9-10/h3,6,9,11-12,14H,1-2,4-5,7-8H2/t12-/m1/s1. The maximum atomic E-state index is 12.5. The highest BCUT2D eigenvalue weighted by Crippen LogP contribution is 2.29. The molecule has 0 bridgehead atoms. The van der Waals surface area contributed by atoms with Crippen molar-refractivity contribution in [2.75, 3.05) is 19.7 Å². The smallest absolute Gasteiger partial charge is 0.253 e. The maximum Gasteiger partial charge on any atom is 0.253 e. The number of hydrogen-bond acceptors (Lipinski definition) is 4. The molecular weight excluding hydrogens is 248 g/mol. The minimum Gasteiger partial charge on any atom is -0.366 e. The number of amides is 1. The summed E-state index contributed by atoms with van der Waals surface area (Å²) in [4.78, 5) is 14.5. The lowest BCUT2D eigenvalue weighted by molar-refractivity contribution is -0.146. The van der Waals surface area contributed by atoms with Crippen molar-refractivity contribution in [1.29, 1.82) is 0 Å². The van der Waals surface area contributed by atoms with E-state index >= 15 is 0 Å². The van der Waals surface area contributed by atoms with Gasteiger partial charge in [-0.25, -0.2) is 0 Å². The molecule has 98 valence electrons. The van der Waals surface area contributed by atoms with E-state index in [0.29, 0.717) is 19.2 Å². The van der Waals surface area contributed by atoms with Crippen LogP contribution < -0.4 is 5.32 Å². The Morgan fingerprint density at radius 3 is 3.06 bits per heavy atom. The Kier molecular flexibility index (Phi) is 3.63. The summed E-state index contributed by atoms with van der Waals surface area (Å²) in [6.07, 6.45) is 1.98. The van der Waals surface area contributed by atoms with Gasteiger partial charge in [-0.1, -0.05) is 0 Å². The molecule has 3 rings (SSSR count). The van der Waals surface area contributed by atoms with Crippen molar-refractivity contribution in [3.05, 3.63) is 22.4 Å². The molecular formula is C13H18N2O2S. The average Bonchev–Trinajstić information content (AvgIpc) is 3.13. The van der Waals surface area contributed by atoms with Gasteiger partial charge in [0, 0.05) is 25.7 Å². The summed E-state index contributed by atoms with van der Waals surface area (Å²) >= 11 is 1.68. The molecule has 1 saturated heterocycles. The average molecular weight is 266 g/mol. The van der Waals surface area contributed by atoms with Gasteiger partial charge in [-0.2, -0.15) is 11.3 Å². The SMILES string of the molecule is O=C([C@H]1CNCCO1)N(Cc1ccsc1)C1CC1. The first-order chi connectivity index (χ1) is 8.84. The number of morpholine rings is 1. The number of nitrogens with one attached hydrogen (secondary N) is 1. The lowest BCUT2D eigenvalue weighted by Gasteiger charge is -2.29. The first-order valence-corrected chi connectivity index (χ1v) is 7.43. The summed E-state index contributed by atoms with van der Waals surface area (Å²) in [5.74, 6) is 0.149. The van der Waals surface area contributed by atoms with Crippen molar-refractivity contribution < 1.29 is 9.53 Å². The molecule has 2 fully saturated rings. The van der Waals surface area contributed by atoms with Crippen molar-refractivity contribution in [2.45, 2.75) is 31.5 Å². The first-order valence-electron chi connectivity index (χ1n) is 6.48. The predicted octanol–water partition coefficient (Wildman–Crippen LogP) is 1.23. The van der Waals surface area contributed by atoms with Gasteiger partial charge in [0.15, 0.2) is 0 Å². The van der Waals surface area contributed by atoms with Crippen molar-refractivity contribution in [3.8, 4) is 0 Å². The molecule has 18 heavy (non-hydrogen) atoms. The van der Waals surface area contributed by atoms with Crippen molar-refractivity contribution >= 4 is 17.2 Å². The lowest BCUT2D eigenvalue weighted by atomic mass is 10.2. The number of nitrogens with zero attached hydrogens (tertiary/aromatic N) is 1. The van der Waals surface area contributed by atoms with Crippen LogP contribution in [0.5, 0.6) is 0 Å². The summed E-state index contributed by atoms with van der Waals surface area (Å²) in [5.41, 5.74) is 1.23. The molecule has 2 aliphatic rings. The van der Waals surface area contributed by atoms with Gasteiger partial charge in [0.05, 0.1) is 6.61 Å². The van der Waals surface area contributed by atoms with Crippen LogP contribution in [-0.2, 0) is 16.1 Å². The Bertz CT molecular complexity index is 397. The normalized spacial score (nSPS) is 23.9. The van der Waals surface area contributed by atoms with Crippen molar-refractivity contribution in [1.82, 2.24) is 10.2 Å². The number of ether oxygens (including phenoxy) is 1. The molecule has 1 aliphatic heterocycles. The van der Waals surface area contributed by atoms with Crippen molar-refractivity contribution in [3.63, 3.8) is 0 Å². The molecule has 0 radical (unpaired) electrons. The van der Waals surface area contributed by atoms with Crippen LogP contribution in [0.15, 0.2) is 16.8 Å². The van der Waals surface area contributed by atoms with E-state index < -0.39 is 0 Å². The monoisotopic (exact) mass is 266 g/mol. The molecule has 1 saturated carbocycles. The van der Waals surface area contributed by atoms with Crippen LogP contribution in [0.4, 0.5) is 0 Å². The Hall–Kier alpha value is -0.910. The van der Waals surface area contributed by atoms with Gasteiger partial charge < -0.3 is 15.0 Å². The summed E-state index contributed by atoms with van der Waals surface area (Å²) in [5, 5.41) is 7.39. The van der Waals surface area contributed by atoms with Crippen molar-refractivity contribution in [2.24, 2.45) is 0 Å². The second-order valence-electron chi connectivity index (χ2n) is 4.89. The number of carbonyl (C=O) groups is 1. The molecule has 0 spiro atoms. The van der Waals surface area contributed by atoms with E-state index in [1.54, 1.807) is 11.3 Å². The largest absolute Gasteiger partial charge is 0.366 e. The van der Waals surface area contributed by atoms with Crippen LogP contribution in [0.3, 0.4) is 0 Å². The second-order valence-corrected chi connectivity index (χ2v) is 5.67. The van der Waals surface area contributed by atoms with E-state index in [9.17, 15) is 4.79 Å². The molecule has 0 aromatic carbocycles. The summed E-state index contributed by atoms with van der Waals surface area (Å²) < 4.78 is 5.57. The molecule has 1 aromatic rings. The number of thiophene rings is 1. The molecule has 1 aliphatic carbocycles. The fourth-order valence-corrected chi connectivity index (χ4v) is 2.92. The van der Waals surface area contributed by atoms with Crippen LogP contribution in [0.2, 0.25) is 0 Å². The summed E-state index contributed by atoms with van der Waals surface area (Å²) in [6.45, 7) is 2.85. The van der Waals surface area contributed by atoms with E-state index in [0.717, 1.165) is 25.9 Å². The lowest BCUT2D eigenvalue weighted by Crippen LogP contribution is -2.49. The first kappa shape index (κ1) is 12.1. The predicted molar refractivity (Wildman–Crippen MR) is 70.5 cm³/mol. The zero-order valence-corrected chi connectivity index (χ0v) is 11.1. The second kappa shape index (κ2) is 5.38. The van der Waals surface area contributed by atoms with E-state index in [4.69, 9.17) is 4.74 Å².